The zero-order valence-electron chi connectivity index (χ0n) is 23.3. The predicted octanol–water partition coefficient (Wildman–Crippen LogP) is 10.4. The van der Waals surface area contributed by atoms with Gasteiger partial charge in [-0.15, -0.1) is 0 Å². The minimum Gasteiger partial charge on any atom is -0.494 e. The van der Waals surface area contributed by atoms with E-state index in [1.54, 1.807) is 0 Å². The van der Waals surface area contributed by atoms with Gasteiger partial charge < -0.3 is 9.47 Å². The lowest BCUT2D eigenvalue weighted by Crippen LogP contribution is -2.20. The highest BCUT2D eigenvalue weighted by atomic mass is 16.5. The molecule has 0 radical (unpaired) electrons. The van der Waals surface area contributed by atoms with Crippen LogP contribution in [0.5, 0.6) is 11.5 Å². The van der Waals surface area contributed by atoms with Gasteiger partial charge in [-0.1, -0.05) is 110 Å². The Balaban J connectivity index is 1.20. The Bertz CT molecular complexity index is 623. The Morgan fingerprint density at radius 3 is 1.49 bits per heavy atom. The number of rotatable bonds is 17. The molecule has 35 heavy (non-hydrogen) atoms. The van der Waals surface area contributed by atoms with Crippen molar-refractivity contribution in [1.82, 2.24) is 0 Å². The fourth-order valence-corrected chi connectivity index (χ4v) is 6.45. The fourth-order valence-electron chi connectivity index (χ4n) is 6.45. The van der Waals surface area contributed by atoms with Crippen LogP contribution < -0.4 is 9.47 Å². The van der Waals surface area contributed by atoms with Gasteiger partial charge in [-0.25, -0.2) is 0 Å². The average Bonchev–Trinajstić information content (AvgIpc) is 2.90. The third kappa shape index (κ3) is 11.6. The monoisotopic (exact) mass is 484 g/mol. The summed E-state index contributed by atoms with van der Waals surface area (Å²) in [5.41, 5.74) is 0. The summed E-state index contributed by atoms with van der Waals surface area (Å²) in [6, 6.07) is 8.36. The third-order valence-electron chi connectivity index (χ3n) is 8.95. The largest absolute Gasteiger partial charge is 0.494 e. The Kier molecular flexibility index (Phi) is 14.0. The normalized spacial score (nSPS) is 24.9. The van der Waals surface area contributed by atoms with Gasteiger partial charge in [-0.05, 0) is 73.6 Å². The minimum atomic E-state index is 0.740. The van der Waals surface area contributed by atoms with Crippen LogP contribution in [0.3, 0.4) is 0 Å². The van der Waals surface area contributed by atoms with E-state index in [1.807, 2.05) is 0 Å². The molecule has 2 saturated carbocycles. The van der Waals surface area contributed by atoms with Crippen molar-refractivity contribution in [3.05, 3.63) is 24.3 Å². The molecule has 200 valence electrons. The molecule has 0 amide bonds. The Morgan fingerprint density at radius 2 is 0.943 bits per heavy atom. The molecule has 0 N–H and O–H groups in total. The number of unbranched alkanes of at least 4 members (excludes halogenated alkanes) is 5. The van der Waals surface area contributed by atoms with Gasteiger partial charge in [0.25, 0.3) is 0 Å². The molecular formula is C33H56O2. The molecule has 0 spiro atoms. The summed E-state index contributed by atoms with van der Waals surface area (Å²) >= 11 is 0. The van der Waals surface area contributed by atoms with E-state index in [9.17, 15) is 0 Å². The second-order valence-corrected chi connectivity index (χ2v) is 11.9. The maximum absolute atomic E-state index is 6.13. The van der Waals surface area contributed by atoms with Crippen LogP contribution in [0, 0.1) is 23.7 Å². The van der Waals surface area contributed by atoms with Crippen molar-refractivity contribution in [3.63, 3.8) is 0 Å². The van der Waals surface area contributed by atoms with Crippen LogP contribution in [0.1, 0.15) is 136 Å². The summed E-state index contributed by atoms with van der Waals surface area (Å²) in [5.74, 6) is 5.65. The SMILES string of the molecule is CCCCCCC1CCC(CCCOc2ccc(OCC3CCC(CCCCC)CC3)cc2)CC1. The van der Waals surface area contributed by atoms with Crippen LogP contribution >= 0.6 is 0 Å². The molecule has 2 nitrogen and oxygen atoms in total. The first-order valence-corrected chi connectivity index (χ1v) is 15.6. The smallest absolute Gasteiger partial charge is 0.119 e. The topological polar surface area (TPSA) is 18.5 Å². The zero-order valence-corrected chi connectivity index (χ0v) is 23.3. The van der Waals surface area contributed by atoms with Gasteiger partial charge in [-0.3, -0.25) is 0 Å². The number of benzene rings is 1. The van der Waals surface area contributed by atoms with E-state index >= 15 is 0 Å². The van der Waals surface area contributed by atoms with Crippen molar-refractivity contribution in [2.45, 2.75) is 136 Å². The van der Waals surface area contributed by atoms with E-state index in [1.165, 1.54) is 122 Å². The first-order valence-electron chi connectivity index (χ1n) is 15.6. The molecular weight excluding hydrogens is 428 g/mol. The van der Waals surface area contributed by atoms with Crippen LogP contribution in [0.25, 0.3) is 0 Å². The van der Waals surface area contributed by atoms with Gasteiger partial charge in [0.05, 0.1) is 13.2 Å². The van der Waals surface area contributed by atoms with Crippen molar-refractivity contribution >= 4 is 0 Å². The average molecular weight is 485 g/mol. The molecule has 2 aliphatic rings. The summed E-state index contributed by atoms with van der Waals surface area (Å²) < 4.78 is 12.2. The van der Waals surface area contributed by atoms with Crippen molar-refractivity contribution in [2.75, 3.05) is 13.2 Å². The number of hydrogen-bond donors (Lipinski definition) is 0. The van der Waals surface area contributed by atoms with Gasteiger partial charge >= 0.3 is 0 Å². The van der Waals surface area contributed by atoms with Crippen molar-refractivity contribution in [1.29, 1.82) is 0 Å². The van der Waals surface area contributed by atoms with Gasteiger partial charge in [-0.2, -0.15) is 0 Å². The molecule has 0 aromatic heterocycles. The lowest BCUT2D eigenvalue weighted by molar-refractivity contribution is 0.177. The molecule has 0 heterocycles. The number of hydrogen-bond acceptors (Lipinski definition) is 2. The molecule has 0 unspecified atom stereocenters. The third-order valence-corrected chi connectivity index (χ3v) is 8.95. The summed E-state index contributed by atoms with van der Waals surface area (Å²) in [6.45, 7) is 6.33. The summed E-state index contributed by atoms with van der Waals surface area (Å²) in [7, 11) is 0. The highest BCUT2D eigenvalue weighted by Gasteiger charge is 2.22. The maximum Gasteiger partial charge on any atom is 0.119 e. The molecule has 0 saturated heterocycles. The molecule has 3 rings (SSSR count). The van der Waals surface area contributed by atoms with E-state index < -0.39 is 0 Å². The molecule has 2 fully saturated rings. The predicted molar refractivity (Wildman–Crippen MR) is 150 cm³/mol. The Hall–Kier alpha value is -1.18. The second kappa shape index (κ2) is 17.3. The van der Waals surface area contributed by atoms with E-state index in [4.69, 9.17) is 9.47 Å². The molecule has 0 bridgehead atoms. The van der Waals surface area contributed by atoms with E-state index in [0.29, 0.717) is 0 Å². The molecule has 0 aliphatic heterocycles. The number of ether oxygens (including phenoxy) is 2. The lowest BCUT2D eigenvalue weighted by atomic mass is 9.78. The molecule has 1 aromatic rings. The van der Waals surface area contributed by atoms with Gasteiger partial charge in [0.15, 0.2) is 0 Å². The zero-order chi connectivity index (χ0) is 24.6. The van der Waals surface area contributed by atoms with Crippen molar-refractivity contribution < 1.29 is 9.47 Å². The second-order valence-electron chi connectivity index (χ2n) is 11.9. The van der Waals surface area contributed by atoms with E-state index in [0.717, 1.165) is 48.4 Å². The summed E-state index contributed by atoms with van der Waals surface area (Å²) in [6.07, 6.45) is 26.7. The summed E-state index contributed by atoms with van der Waals surface area (Å²) in [5, 5.41) is 0. The van der Waals surface area contributed by atoms with Crippen molar-refractivity contribution in [3.8, 4) is 11.5 Å². The lowest BCUT2D eigenvalue weighted by Gasteiger charge is -2.28. The minimum absolute atomic E-state index is 0.740. The van der Waals surface area contributed by atoms with Crippen LogP contribution in [0.4, 0.5) is 0 Å². The molecule has 2 heteroatoms. The van der Waals surface area contributed by atoms with Crippen LogP contribution in [-0.2, 0) is 0 Å². The first kappa shape index (κ1) is 28.4. The first-order chi connectivity index (χ1) is 17.3. The Labute approximate surface area is 218 Å². The molecule has 0 atom stereocenters. The van der Waals surface area contributed by atoms with Gasteiger partial charge in [0.1, 0.15) is 11.5 Å². The van der Waals surface area contributed by atoms with E-state index in [-0.39, 0.29) is 0 Å². The highest BCUT2D eigenvalue weighted by molar-refractivity contribution is 5.31. The van der Waals surface area contributed by atoms with Gasteiger partial charge in [0.2, 0.25) is 0 Å². The summed E-state index contributed by atoms with van der Waals surface area (Å²) in [4.78, 5) is 0. The van der Waals surface area contributed by atoms with Gasteiger partial charge in [0, 0.05) is 0 Å². The van der Waals surface area contributed by atoms with Crippen molar-refractivity contribution in [2.24, 2.45) is 23.7 Å². The molecule has 2 aliphatic carbocycles. The maximum atomic E-state index is 6.13. The quantitative estimate of drug-likeness (QED) is 0.205. The standard InChI is InChI=1S/C33H56O2/c1-3-5-7-9-12-29-14-16-30(17-15-29)13-10-26-34-32-22-24-33(25-23-32)35-27-31-20-18-28(19-21-31)11-8-6-4-2/h22-25,28-31H,3-21,26-27H2,1-2H3. The van der Waals surface area contributed by atoms with Crippen LogP contribution in [0.2, 0.25) is 0 Å². The van der Waals surface area contributed by atoms with Crippen LogP contribution in [0.15, 0.2) is 24.3 Å². The highest BCUT2D eigenvalue weighted by Crippen LogP contribution is 2.35. The fraction of sp³-hybridized carbons (Fsp3) is 0.818. The van der Waals surface area contributed by atoms with E-state index in [2.05, 4.69) is 38.1 Å². The molecule has 1 aromatic carbocycles. The van der Waals surface area contributed by atoms with Crippen LogP contribution in [-0.4, -0.2) is 13.2 Å². The Morgan fingerprint density at radius 1 is 0.514 bits per heavy atom.